The molecule has 22 heavy (non-hydrogen) atoms. The van der Waals surface area contributed by atoms with E-state index < -0.39 is 0 Å². The lowest BCUT2D eigenvalue weighted by atomic mass is 10.1. The summed E-state index contributed by atoms with van der Waals surface area (Å²) >= 11 is 0. The maximum atomic E-state index is 11.2. The maximum Gasteiger partial charge on any atom is 0.234 e. The van der Waals surface area contributed by atoms with E-state index in [0.717, 1.165) is 29.7 Å². The predicted octanol–water partition coefficient (Wildman–Crippen LogP) is 2.54. The van der Waals surface area contributed by atoms with Crippen LogP contribution in [0.5, 0.6) is 5.75 Å². The van der Waals surface area contributed by atoms with Gasteiger partial charge in [0.05, 0.1) is 6.04 Å². The van der Waals surface area contributed by atoms with Crippen molar-refractivity contribution in [3.05, 3.63) is 65.7 Å². The van der Waals surface area contributed by atoms with Gasteiger partial charge < -0.3 is 10.5 Å². The fourth-order valence-corrected chi connectivity index (χ4v) is 2.77. The lowest BCUT2D eigenvalue weighted by Gasteiger charge is -2.13. The van der Waals surface area contributed by atoms with Crippen LogP contribution < -0.4 is 15.8 Å². The number of hydrogen-bond donors (Lipinski definition) is 2. The summed E-state index contributed by atoms with van der Waals surface area (Å²) in [5, 5.41) is 3.27. The normalized spacial score (nSPS) is 20.7. The Kier molecular flexibility index (Phi) is 4.39. The quantitative estimate of drug-likeness (QED) is 0.891. The summed E-state index contributed by atoms with van der Waals surface area (Å²) in [5.74, 6) is 0.572. The van der Waals surface area contributed by atoms with Gasteiger partial charge in [-0.05, 0) is 36.1 Å². The van der Waals surface area contributed by atoms with Gasteiger partial charge in [0.15, 0.2) is 0 Å². The number of amides is 1. The monoisotopic (exact) mass is 296 g/mol. The Hall–Kier alpha value is -2.33. The molecule has 2 aromatic rings. The second kappa shape index (κ2) is 6.62. The highest BCUT2D eigenvalue weighted by molar-refractivity contribution is 5.80. The molecule has 1 aliphatic rings. The van der Waals surface area contributed by atoms with Crippen LogP contribution in [0.15, 0.2) is 54.6 Å². The first-order valence-electron chi connectivity index (χ1n) is 7.54. The third kappa shape index (κ3) is 3.46. The molecule has 3 N–H and O–H groups in total. The van der Waals surface area contributed by atoms with Gasteiger partial charge in [0.2, 0.25) is 5.91 Å². The summed E-state index contributed by atoms with van der Waals surface area (Å²) in [7, 11) is 0. The number of ether oxygens (including phenoxy) is 1. The standard InChI is InChI=1S/C18H20N2O2/c19-18(21)17-11-10-16(20-17)14-6-8-15(9-7-14)22-12-13-4-2-1-3-5-13/h1-9,16-17,20H,10-12H2,(H2,19,21)/t16-,17+/m1/s1. The minimum absolute atomic E-state index is 0.195. The second-order valence-electron chi connectivity index (χ2n) is 5.59. The Morgan fingerprint density at radius 3 is 2.45 bits per heavy atom. The van der Waals surface area contributed by atoms with Crippen molar-refractivity contribution in [2.24, 2.45) is 5.73 Å². The second-order valence-corrected chi connectivity index (χ2v) is 5.59. The minimum Gasteiger partial charge on any atom is -0.489 e. The van der Waals surface area contributed by atoms with Crippen LogP contribution in [0.1, 0.15) is 30.0 Å². The summed E-state index contributed by atoms with van der Waals surface area (Å²) in [6.45, 7) is 0.561. The number of primary amides is 1. The Bertz CT molecular complexity index is 625. The van der Waals surface area contributed by atoms with Gasteiger partial charge in [-0.3, -0.25) is 10.1 Å². The van der Waals surface area contributed by atoms with Crippen LogP contribution in [0.4, 0.5) is 0 Å². The van der Waals surface area contributed by atoms with E-state index >= 15 is 0 Å². The summed E-state index contributed by atoms with van der Waals surface area (Å²) in [5.41, 5.74) is 7.64. The number of nitrogens with two attached hydrogens (primary N) is 1. The van der Waals surface area contributed by atoms with E-state index in [1.165, 1.54) is 0 Å². The van der Waals surface area contributed by atoms with Gasteiger partial charge in [0.25, 0.3) is 0 Å². The van der Waals surface area contributed by atoms with Gasteiger partial charge >= 0.3 is 0 Å². The van der Waals surface area contributed by atoms with E-state index in [2.05, 4.69) is 5.32 Å². The van der Waals surface area contributed by atoms with Crippen LogP contribution >= 0.6 is 0 Å². The molecule has 0 unspecified atom stereocenters. The third-order valence-electron chi connectivity index (χ3n) is 4.02. The van der Waals surface area contributed by atoms with Gasteiger partial charge in [0, 0.05) is 6.04 Å². The number of hydrogen-bond acceptors (Lipinski definition) is 3. The molecular weight excluding hydrogens is 276 g/mol. The molecule has 0 radical (unpaired) electrons. The first-order chi connectivity index (χ1) is 10.7. The zero-order valence-electron chi connectivity index (χ0n) is 12.4. The Balaban J connectivity index is 1.58. The van der Waals surface area contributed by atoms with Crippen LogP contribution in [0.3, 0.4) is 0 Å². The van der Waals surface area contributed by atoms with Crippen molar-refractivity contribution in [1.29, 1.82) is 0 Å². The highest BCUT2D eigenvalue weighted by atomic mass is 16.5. The molecule has 3 rings (SSSR count). The van der Waals surface area contributed by atoms with Gasteiger partial charge in [-0.15, -0.1) is 0 Å². The van der Waals surface area contributed by atoms with Crippen molar-refractivity contribution < 1.29 is 9.53 Å². The van der Waals surface area contributed by atoms with Crippen molar-refractivity contribution >= 4 is 5.91 Å². The van der Waals surface area contributed by atoms with Crippen molar-refractivity contribution in [1.82, 2.24) is 5.32 Å². The molecule has 1 heterocycles. The molecular formula is C18H20N2O2. The zero-order valence-corrected chi connectivity index (χ0v) is 12.4. The molecule has 114 valence electrons. The highest BCUT2D eigenvalue weighted by Gasteiger charge is 2.28. The van der Waals surface area contributed by atoms with Crippen LogP contribution in [0.2, 0.25) is 0 Å². The first-order valence-corrected chi connectivity index (χ1v) is 7.54. The average Bonchev–Trinajstić information content (AvgIpc) is 3.05. The predicted molar refractivity (Wildman–Crippen MR) is 85.3 cm³/mol. The molecule has 0 spiro atoms. The Labute approximate surface area is 130 Å². The SMILES string of the molecule is NC(=O)[C@@H]1CC[C@H](c2ccc(OCc3ccccc3)cc2)N1. The van der Waals surface area contributed by atoms with Crippen LogP contribution in [-0.2, 0) is 11.4 Å². The zero-order chi connectivity index (χ0) is 15.4. The molecule has 0 saturated carbocycles. The maximum absolute atomic E-state index is 11.2. The fourth-order valence-electron chi connectivity index (χ4n) is 2.77. The van der Waals surface area contributed by atoms with Gasteiger partial charge in [-0.2, -0.15) is 0 Å². The van der Waals surface area contributed by atoms with Crippen LogP contribution in [0, 0.1) is 0 Å². The van der Waals surface area contributed by atoms with Gasteiger partial charge in [0.1, 0.15) is 12.4 Å². The van der Waals surface area contributed by atoms with E-state index in [-0.39, 0.29) is 18.0 Å². The molecule has 0 bridgehead atoms. The average molecular weight is 296 g/mol. The number of carbonyl (C=O) groups is 1. The number of carbonyl (C=O) groups excluding carboxylic acids is 1. The van der Waals surface area contributed by atoms with Gasteiger partial charge in [-0.1, -0.05) is 42.5 Å². The van der Waals surface area contributed by atoms with E-state index in [1.54, 1.807) is 0 Å². The lowest BCUT2D eigenvalue weighted by Crippen LogP contribution is -2.37. The molecule has 0 aliphatic carbocycles. The van der Waals surface area contributed by atoms with Crippen molar-refractivity contribution in [2.45, 2.75) is 31.5 Å². The molecule has 1 aliphatic heterocycles. The van der Waals surface area contributed by atoms with E-state index in [0.29, 0.717) is 6.61 Å². The van der Waals surface area contributed by atoms with Gasteiger partial charge in [-0.25, -0.2) is 0 Å². The molecule has 2 atom stereocenters. The smallest absolute Gasteiger partial charge is 0.234 e. The van der Waals surface area contributed by atoms with Crippen molar-refractivity contribution in [2.75, 3.05) is 0 Å². The molecule has 1 fully saturated rings. The molecule has 0 aromatic heterocycles. The Morgan fingerprint density at radius 2 is 1.82 bits per heavy atom. The van der Waals surface area contributed by atoms with Crippen LogP contribution in [-0.4, -0.2) is 11.9 Å². The largest absolute Gasteiger partial charge is 0.489 e. The highest BCUT2D eigenvalue weighted by Crippen LogP contribution is 2.27. The summed E-state index contributed by atoms with van der Waals surface area (Å²) in [6.07, 6.45) is 1.73. The van der Waals surface area contributed by atoms with E-state index in [1.807, 2.05) is 54.6 Å². The minimum atomic E-state index is -0.273. The number of nitrogens with one attached hydrogen (secondary N) is 1. The van der Waals surface area contributed by atoms with E-state index in [4.69, 9.17) is 10.5 Å². The molecule has 1 amide bonds. The first kappa shape index (κ1) is 14.6. The van der Waals surface area contributed by atoms with Crippen molar-refractivity contribution in [3.8, 4) is 5.75 Å². The summed E-state index contributed by atoms with van der Waals surface area (Å²) in [4.78, 5) is 11.2. The van der Waals surface area contributed by atoms with Crippen molar-refractivity contribution in [3.63, 3.8) is 0 Å². The van der Waals surface area contributed by atoms with Crippen LogP contribution in [0.25, 0.3) is 0 Å². The molecule has 4 nitrogen and oxygen atoms in total. The lowest BCUT2D eigenvalue weighted by molar-refractivity contribution is -0.119. The fraction of sp³-hybridized carbons (Fsp3) is 0.278. The molecule has 1 saturated heterocycles. The number of benzene rings is 2. The third-order valence-corrected chi connectivity index (χ3v) is 4.02. The molecule has 4 heteroatoms. The van der Waals surface area contributed by atoms with E-state index in [9.17, 15) is 4.79 Å². The Morgan fingerprint density at radius 1 is 1.09 bits per heavy atom. The summed E-state index contributed by atoms with van der Waals surface area (Å²) in [6, 6.07) is 18.1. The summed E-state index contributed by atoms with van der Waals surface area (Å²) < 4.78 is 5.77. The number of rotatable bonds is 5. The molecule has 2 aromatic carbocycles. The topological polar surface area (TPSA) is 64.4 Å².